The monoisotopic (exact) mass is 864 g/mol. The van der Waals surface area contributed by atoms with E-state index >= 15 is 0 Å². The van der Waals surface area contributed by atoms with Crippen molar-refractivity contribution in [2.45, 2.75) is 219 Å². The van der Waals surface area contributed by atoms with Crippen molar-refractivity contribution in [1.82, 2.24) is 5.32 Å². The number of rotatable bonds is 44. The second kappa shape index (κ2) is 42.5. The largest absolute Gasteiger partial charge is 0.472 e. The van der Waals surface area contributed by atoms with E-state index in [9.17, 15) is 19.4 Å². The fraction of sp³-hybridized carbons (Fsp3) is 0.784. The predicted octanol–water partition coefficient (Wildman–Crippen LogP) is 14.2. The average Bonchev–Trinajstić information content (AvgIpc) is 3.20. The zero-order chi connectivity index (χ0) is 44.3. The quantitative estimate of drug-likeness (QED) is 0.0244. The lowest BCUT2D eigenvalue weighted by Crippen LogP contribution is -2.45. The summed E-state index contributed by atoms with van der Waals surface area (Å²) in [6.45, 7) is 4.68. The molecule has 9 heteroatoms. The predicted molar refractivity (Wildman–Crippen MR) is 258 cm³/mol. The number of aliphatic hydroxyl groups is 1. The Balaban J connectivity index is 4.38. The van der Waals surface area contributed by atoms with E-state index in [0.29, 0.717) is 17.4 Å². The Bertz CT molecular complexity index is 1160. The highest BCUT2D eigenvalue weighted by molar-refractivity contribution is 7.47. The molecule has 0 fully saturated rings. The van der Waals surface area contributed by atoms with Crippen molar-refractivity contribution in [3.05, 3.63) is 60.8 Å². The summed E-state index contributed by atoms with van der Waals surface area (Å²) in [5, 5.41) is 13.8. The zero-order valence-electron chi connectivity index (χ0n) is 39.7. The van der Waals surface area contributed by atoms with Crippen molar-refractivity contribution < 1.29 is 32.9 Å². The van der Waals surface area contributed by atoms with Crippen molar-refractivity contribution >= 4 is 13.7 Å². The van der Waals surface area contributed by atoms with Crippen LogP contribution in [-0.2, 0) is 18.4 Å². The van der Waals surface area contributed by atoms with Gasteiger partial charge in [0, 0.05) is 6.42 Å². The van der Waals surface area contributed by atoms with Gasteiger partial charge < -0.3 is 19.8 Å². The number of aliphatic hydroxyl groups excluding tert-OH is 1. The van der Waals surface area contributed by atoms with Crippen LogP contribution >= 0.6 is 7.82 Å². The van der Waals surface area contributed by atoms with Gasteiger partial charge in [0.15, 0.2) is 0 Å². The Labute approximate surface area is 371 Å². The van der Waals surface area contributed by atoms with Crippen molar-refractivity contribution in [1.29, 1.82) is 0 Å². The van der Waals surface area contributed by atoms with Crippen molar-refractivity contribution in [3.63, 3.8) is 0 Å². The number of hydrogen-bond donors (Lipinski definition) is 3. The Morgan fingerprint density at radius 2 is 1.02 bits per heavy atom. The maximum absolute atomic E-state index is 12.9. The Morgan fingerprint density at radius 3 is 1.52 bits per heavy atom. The van der Waals surface area contributed by atoms with E-state index in [1.807, 2.05) is 27.2 Å². The zero-order valence-corrected chi connectivity index (χ0v) is 40.6. The molecule has 0 saturated heterocycles. The van der Waals surface area contributed by atoms with Gasteiger partial charge in [-0.1, -0.05) is 190 Å². The normalized spacial score (nSPS) is 14.7. The molecule has 8 nitrogen and oxygen atoms in total. The summed E-state index contributed by atoms with van der Waals surface area (Å²) in [6, 6.07) is -0.870. The molecule has 0 aromatic rings. The van der Waals surface area contributed by atoms with Crippen LogP contribution in [0.25, 0.3) is 0 Å². The summed E-state index contributed by atoms with van der Waals surface area (Å²) in [7, 11) is 1.54. The summed E-state index contributed by atoms with van der Waals surface area (Å²) in [5.41, 5.74) is 0. The van der Waals surface area contributed by atoms with Crippen LogP contribution in [0.4, 0.5) is 0 Å². The van der Waals surface area contributed by atoms with Gasteiger partial charge in [0.05, 0.1) is 39.9 Å². The number of quaternary nitrogens is 1. The topological polar surface area (TPSA) is 105 Å². The highest BCUT2D eigenvalue weighted by Crippen LogP contribution is 2.43. The minimum absolute atomic E-state index is 0.0521. The molecule has 3 unspecified atom stereocenters. The number of hydrogen-bond acceptors (Lipinski definition) is 5. The number of allylic oxidation sites excluding steroid dienone is 9. The van der Waals surface area contributed by atoms with Crippen molar-refractivity contribution in [2.75, 3.05) is 40.9 Å². The maximum Gasteiger partial charge on any atom is 0.472 e. The molecule has 0 aliphatic heterocycles. The molecule has 60 heavy (non-hydrogen) atoms. The molecule has 0 saturated carbocycles. The second-order valence-corrected chi connectivity index (χ2v) is 19.2. The third-order valence-electron chi connectivity index (χ3n) is 10.7. The van der Waals surface area contributed by atoms with Crippen LogP contribution in [0, 0.1) is 0 Å². The number of nitrogens with one attached hydrogen (secondary N) is 1. The fourth-order valence-electron chi connectivity index (χ4n) is 6.82. The van der Waals surface area contributed by atoms with Gasteiger partial charge in [-0.2, -0.15) is 0 Å². The molecule has 0 rings (SSSR count). The van der Waals surface area contributed by atoms with Gasteiger partial charge in [-0.15, -0.1) is 0 Å². The minimum atomic E-state index is -4.35. The number of phosphoric acid groups is 1. The molecule has 3 atom stereocenters. The third kappa shape index (κ3) is 44.3. The van der Waals surface area contributed by atoms with Gasteiger partial charge in [0.25, 0.3) is 0 Å². The second-order valence-electron chi connectivity index (χ2n) is 17.8. The molecule has 1 amide bonds. The lowest BCUT2D eigenvalue weighted by Gasteiger charge is -2.25. The van der Waals surface area contributed by atoms with Crippen LogP contribution in [-0.4, -0.2) is 73.4 Å². The molecule has 0 radical (unpaired) electrons. The van der Waals surface area contributed by atoms with Crippen LogP contribution in [0.15, 0.2) is 60.8 Å². The van der Waals surface area contributed by atoms with Crippen LogP contribution in [0.1, 0.15) is 206 Å². The van der Waals surface area contributed by atoms with Gasteiger partial charge in [-0.05, 0) is 70.6 Å². The summed E-state index contributed by atoms with van der Waals surface area (Å²) in [6.07, 6.45) is 55.9. The van der Waals surface area contributed by atoms with Crippen molar-refractivity contribution in [3.8, 4) is 0 Å². The first-order valence-electron chi connectivity index (χ1n) is 24.7. The summed E-state index contributed by atoms with van der Waals surface area (Å²) in [4.78, 5) is 23.2. The SMILES string of the molecule is CC/C=C\C/C=C\CCCCCCCCCCCCCCCCC(=O)NC(COP(=O)(O)OCC[N+](C)(C)C)C(O)/C=C/CC/C=C/CC/C=C/CCCCCCCCC. The Hall–Kier alpha value is -1.80. The molecule has 0 aromatic carbocycles. The smallest absolute Gasteiger partial charge is 0.387 e. The Morgan fingerprint density at radius 1 is 0.583 bits per heavy atom. The molecule has 0 aliphatic rings. The highest BCUT2D eigenvalue weighted by Gasteiger charge is 2.27. The van der Waals surface area contributed by atoms with E-state index in [-0.39, 0.29) is 19.1 Å². The van der Waals surface area contributed by atoms with Gasteiger partial charge in [-0.25, -0.2) is 4.57 Å². The van der Waals surface area contributed by atoms with Crippen LogP contribution < -0.4 is 5.32 Å². The van der Waals surface area contributed by atoms with E-state index in [1.165, 1.54) is 128 Å². The first kappa shape index (κ1) is 58.2. The first-order valence-corrected chi connectivity index (χ1v) is 26.2. The summed E-state index contributed by atoms with van der Waals surface area (Å²) < 4.78 is 23.6. The van der Waals surface area contributed by atoms with Crippen LogP contribution in [0.3, 0.4) is 0 Å². The van der Waals surface area contributed by atoms with Gasteiger partial charge in [-0.3, -0.25) is 13.8 Å². The maximum atomic E-state index is 12.9. The molecule has 0 bridgehead atoms. The van der Waals surface area contributed by atoms with Gasteiger partial charge in [0.1, 0.15) is 13.2 Å². The average molecular weight is 864 g/mol. The molecule has 3 N–H and O–H groups in total. The van der Waals surface area contributed by atoms with Crippen LogP contribution in [0.5, 0.6) is 0 Å². The first-order chi connectivity index (χ1) is 29.0. The van der Waals surface area contributed by atoms with E-state index in [0.717, 1.165) is 57.8 Å². The summed E-state index contributed by atoms with van der Waals surface area (Å²) in [5.74, 6) is -0.193. The third-order valence-corrected chi connectivity index (χ3v) is 11.7. The summed E-state index contributed by atoms with van der Waals surface area (Å²) >= 11 is 0. The molecule has 0 spiro atoms. The fourth-order valence-corrected chi connectivity index (χ4v) is 7.55. The lowest BCUT2D eigenvalue weighted by molar-refractivity contribution is -0.870. The number of unbranched alkanes of at least 4 members (excludes halogenated alkanes) is 23. The molecule has 0 aromatic heterocycles. The minimum Gasteiger partial charge on any atom is -0.387 e. The molecular weight excluding hydrogens is 768 g/mol. The molecule has 0 heterocycles. The van der Waals surface area contributed by atoms with Gasteiger partial charge in [0.2, 0.25) is 5.91 Å². The van der Waals surface area contributed by atoms with Crippen LogP contribution in [0.2, 0.25) is 0 Å². The van der Waals surface area contributed by atoms with Crippen molar-refractivity contribution in [2.24, 2.45) is 0 Å². The lowest BCUT2D eigenvalue weighted by atomic mass is 10.0. The number of phosphoric ester groups is 1. The number of carbonyl (C=O) groups excluding carboxylic acids is 1. The van der Waals surface area contributed by atoms with E-state index < -0.39 is 20.0 Å². The molecular formula is C51H96N2O6P+. The van der Waals surface area contributed by atoms with E-state index in [2.05, 4.69) is 67.8 Å². The van der Waals surface area contributed by atoms with Gasteiger partial charge >= 0.3 is 7.82 Å². The number of amides is 1. The highest BCUT2D eigenvalue weighted by atomic mass is 31.2. The molecule has 0 aliphatic carbocycles. The standard InChI is InChI=1S/C51H95N2O6P/c1-6-8-10-12-14-16-18-20-22-24-25-26-27-29-31-33-35-37-39-41-43-45-51(55)52-49(48-59-60(56,57)58-47-46-53(3,4)5)50(54)44-42-40-38-36-34-32-30-28-23-21-19-17-15-13-11-9-7-2/h8,10,14,16,23,28,34,36,42,44,49-50,54H,6-7,9,11-13,15,17-22,24-27,29-33,35,37-41,43,45-48H2,1-5H3,(H-,52,55,56,57)/p+1/b10-8-,16-14-,28-23+,36-34+,44-42+. The Kier molecular flexibility index (Phi) is 41.2. The van der Waals surface area contributed by atoms with E-state index in [1.54, 1.807) is 6.08 Å². The molecule has 350 valence electrons. The number of likely N-dealkylation sites (N-methyl/N-ethyl adjacent to an activating group) is 1. The number of carbonyl (C=O) groups is 1. The van der Waals surface area contributed by atoms with E-state index in [4.69, 9.17) is 9.05 Å². The number of nitrogens with zero attached hydrogens (tertiary/aromatic N) is 1.